The Morgan fingerprint density at radius 1 is 1.00 bits per heavy atom. The van der Waals surface area contributed by atoms with Gasteiger partial charge in [0, 0.05) is 11.1 Å². The van der Waals surface area contributed by atoms with E-state index in [4.69, 9.17) is 5.73 Å². The zero-order valence-corrected chi connectivity index (χ0v) is 10.2. The number of hydrogen-bond acceptors (Lipinski definition) is 1. The lowest BCUT2D eigenvalue weighted by Gasteiger charge is -2.20. The molecule has 1 nitrogen and oxygen atoms in total. The van der Waals surface area contributed by atoms with Crippen LogP contribution in [0.5, 0.6) is 0 Å². The predicted octanol–water partition coefficient (Wildman–Crippen LogP) is 4.01. The van der Waals surface area contributed by atoms with Gasteiger partial charge in [-0.15, -0.1) is 0 Å². The molecule has 0 aliphatic rings. The first kappa shape index (κ1) is 11.0. The molecule has 0 aliphatic carbocycles. The van der Waals surface area contributed by atoms with Gasteiger partial charge in [0.1, 0.15) is 0 Å². The Morgan fingerprint density at radius 3 is 2.38 bits per heavy atom. The average molecular weight is 213 g/mol. The normalized spacial score (nSPS) is 11.9. The summed E-state index contributed by atoms with van der Waals surface area (Å²) < 4.78 is 0. The number of rotatable bonds is 1. The van der Waals surface area contributed by atoms with Crippen molar-refractivity contribution >= 4 is 16.5 Å². The van der Waals surface area contributed by atoms with E-state index in [-0.39, 0.29) is 5.41 Å². The minimum absolute atomic E-state index is 0.274. The molecule has 0 radical (unpaired) electrons. The molecule has 0 spiro atoms. The maximum atomic E-state index is 6.23. The van der Waals surface area contributed by atoms with E-state index in [0.717, 1.165) is 12.1 Å². The summed E-state index contributed by atoms with van der Waals surface area (Å²) >= 11 is 0. The van der Waals surface area contributed by atoms with Gasteiger partial charge < -0.3 is 5.73 Å². The molecule has 16 heavy (non-hydrogen) atoms. The van der Waals surface area contributed by atoms with Crippen LogP contribution in [-0.4, -0.2) is 0 Å². The fourth-order valence-corrected chi connectivity index (χ4v) is 2.07. The highest BCUT2D eigenvalue weighted by atomic mass is 14.6. The largest absolute Gasteiger partial charge is 0.398 e. The third kappa shape index (κ3) is 2.19. The maximum absolute atomic E-state index is 6.23. The molecule has 0 saturated heterocycles. The first-order chi connectivity index (χ1) is 7.47. The Balaban J connectivity index is 2.53. The van der Waals surface area contributed by atoms with Gasteiger partial charge in [0.05, 0.1) is 0 Å². The zero-order chi connectivity index (χ0) is 11.8. The number of nitrogen functional groups attached to an aromatic ring is 1. The van der Waals surface area contributed by atoms with Crippen LogP contribution in [-0.2, 0) is 6.42 Å². The van der Waals surface area contributed by atoms with Crippen molar-refractivity contribution in [1.82, 2.24) is 0 Å². The maximum Gasteiger partial charge on any atom is 0.0426 e. The summed E-state index contributed by atoms with van der Waals surface area (Å²) in [4.78, 5) is 0. The molecule has 0 heterocycles. The molecule has 0 aliphatic heterocycles. The van der Waals surface area contributed by atoms with E-state index in [1.807, 2.05) is 12.1 Å². The van der Waals surface area contributed by atoms with Crippen molar-refractivity contribution in [2.45, 2.75) is 27.2 Å². The summed E-state index contributed by atoms with van der Waals surface area (Å²) in [6, 6.07) is 12.6. The van der Waals surface area contributed by atoms with E-state index in [2.05, 4.69) is 45.0 Å². The van der Waals surface area contributed by atoms with Crippen molar-refractivity contribution in [2.75, 3.05) is 5.73 Å². The highest BCUT2D eigenvalue weighted by Crippen LogP contribution is 2.29. The van der Waals surface area contributed by atoms with Gasteiger partial charge in [-0.2, -0.15) is 0 Å². The molecule has 0 amide bonds. The van der Waals surface area contributed by atoms with Gasteiger partial charge in [0.25, 0.3) is 0 Å². The summed E-state index contributed by atoms with van der Waals surface area (Å²) in [5.41, 5.74) is 8.69. The molecule has 84 valence electrons. The topological polar surface area (TPSA) is 26.0 Å². The van der Waals surface area contributed by atoms with Crippen molar-refractivity contribution in [3.8, 4) is 0 Å². The molecule has 0 fully saturated rings. The van der Waals surface area contributed by atoms with Crippen molar-refractivity contribution < 1.29 is 0 Å². The van der Waals surface area contributed by atoms with Crippen molar-refractivity contribution in [3.63, 3.8) is 0 Å². The first-order valence-electron chi connectivity index (χ1n) is 5.73. The molecule has 1 heteroatoms. The molecule has 2 rings (SSSR count). The second kappa shape index (κ2) is 3.82. The number of nitrogens with two attached hydrogens (primary N) is 1. The van der Waals surface area contributed by atoms with Gasteiger partial charge in [0.2, 0.25) is 0 Å². The highest BCUT2D eigenvalue weighted by Gasteiger charge is 2.14. The standard InChI is InChI=1S/C15H19N/c1-15(2,3)10-12-9-8-11-6-4-5-7-13(11)14(12)16/h4-9H,10,16H2,1-3H3. The van der Waals surface area contributed by atoms with Crippen LogP contribution in [0.1, 0.15) is 26.3 Å². The van der Waals surface area contributed by atoms with E-state index in [9.17, 15) is 0 Å². The van der Waals surface area contributed by atoms with E-state index in [1.165, 1.54) is 16.3 Å². The van der Waals surface area contributed by atoms with Gasteiger partial charge in [0.15, 0.2) is 0 Å². The highest BCUT2D eigenvalue weighted by molar-refractivity contribution is 5.94. The van der Waals surface area contributed by atoms with Crippen LogP contribution >= 0.6 is 0 Å². The quantitative estimate of drug-likeness (QED) is 0.712. The van der Waals surface area contributed by atoms with Crippen LogP contribution in [0.2, 0.25) is 0 Å². The molecule has 2 aromatic carbocycles. The predicted molar refractivity (Wildman–Crippen MR) is 71.5 cm³/mol. The third-order valence-corrected chi connectivity index (χ3v) is 2.78. The van der Waals surface area contributed by atoms with Gasteiger partial charge in [-0.1, -0.05) is 57.2 Å². The van der Waals surface area contributed by atoms with Crippen molar-refractivity contribution in [2.24, 2.45) is 5.41 Å². The number of benzene rings is 2. The van der Waals surface area contributed by atoms with Gasteiger partial charge in [-0.25, -0.2) is 0 Å². The summed E-state index contributed by atoms with van der Waals surface area (Å²) in [6.45, 7) is 6.71. The molecular weight excluding hydrogens is 194 g/mol. The van der Waals surface area contributed by atoms with Crippen molar-refractivity contribution in [1.29, 1.82) is 0 Å². The van der Waals surface area contributed by atoms with Crippen LogP contribution in [0.3, 0.4) is 0 Å². The van der Waals surface area contributed by atoms with Crippen LogP contribution in [0.15, 0.2) is 36.4 Å². The summed E-state index contributed by atoms with van der Waals surface area (Å²) in [6.07, 6.45) is 1.02. The average Bonchev–Trinajstić information content (AvgIpc) is 2.21. The Kier molecular flexibility index (Phi) is 2.63. The summed E-state index contributed by atoms with van der Waals surface area (Å²) in [5, 5.41) is 2.39. The zero-order valence-electron chi connectivity index (χ0n) is 10.2. The number of anilines is 1. The Labute approximate surface area is 97.3 Å². The molecule has 0 saturated carbocycles. The van der Waals surface area contributed by atoms with Crippen molar-refractivity contribution in [3.05, 3.63) is 42.0 Å². The van der Waals surface area contributed by atoms with Gasteiger partial charge in [-0.05, 0) is 22.8 Å². The number of fused-ring (bicyclic) bond motifs is 1. The molecule has 0 atom stereocenters. The van der Waals surface area contributed by atoms with E-state index in [1.54, 1.807) is 0 Å². The Morgan fingerprint density at radius 2 is 1.69 bits per heavy atom. The molecule has 0 bridgehead atoms. The molecule has 0 unspecified atom stereocenters. The van der Waals surface area contributed by atoms with E-state index >= 15 is 0 Å². The van der Waals surface area contributed by atoms with Crippen LogP contribution in [0, 0.1) is 5.41 Å². The number of hydrogen-bond donors (Lipinski definition) is 1. The lowest BCUT2D eigenvalue weighted by Crippen LogP contribution is -2.10. The summed E-state index contributed by atoms with van der Waals surface area (Å²) in [7, 11) is 0. The molecular formula is C15H19N. The minimum Gasteiger partial charge on any atom is -0.398 e. The van der Waals surface area contributed by atoms with Crippen LogP contribution < -0.4 is 5.73 Å². The van der Waals surface area contributed by atoms with Gasteiger partial charge >= 0.3 is 0 Å². The smallest absolute Gasteiger partial charge is 0.0426 e. The summed E-state index contributed by atoms with van der Waals surface area (Å²) in [5.74, 6) is 0. The molecule has 2 aromatic rings. The SMILES string of the molecule is CC(C)(C)Cc1ccc2ccccc2c1N. The minimum atomic E-state index is 0.274. The second-order valence-corrected chi connectivity index (χ2v) is 5.60. The van der Waals surface area contributed by atoms with E-state index < -0.39 is 0 Å². The second-order valence-electron chi connectivity index (χ2n) is 5.60. The van der Waals surface area contributed by atoms with Crippen LogP contribution in [0.25, 0.3) is 10.8 Å². The third-order valence-electron chi connectivity index (χ3n) is 2.78. The lowest BCUT2D eigenvalue weighted by molar-refractivity contribution is 0.412. The molecule has 2 N–H and O–H groups in total. The van der Waals surface area contributed by atoms with Gasteiger partial charge in [-0.3, -0.25) is 0 Å². The molecule has 0 aromatic heterocycles. The fraction of sp³-hybridized carbons (Fsp3) is 0.333. The Hall–Kier alpha value is -1.50. The van der Waals surface area contributed by atoms with Crippen LogP contribution in [0.4, 0.5) is 5.69 Å². The Bertz CT molecular complexity index is 506. The lowest BCUT2D eigenvalue weighted by atomic mass is 9.86. The fourth-order valence-electron chi connectivity index (χ4n) is 2.07. The first-order valence-corrected chi connectivity index (χ1v) is 5.73. The van der Waals surface area contributed by atoms with E-state index in [0.29, 0.717) is 0 Å². The monoisotopic (exact) mass is 213 g/mol.